The van der Waals surface area contributed by atoms with Crippen LogP contribution in [0.3, 0.4) is 0 Å². The van der Waals surface area contributed by atoms with Gasteiger partial charge < -0.3 is 5.32 Å². The Balaban J connectivity index is 1.65. The van der Waals surface area contributed by atoms with Crippen LogP contribution in [0.25, 0.3) is 0 Å². The number of nitrogens with one attached hydrogen (secondary N) is 1. The monoisotopic (exact) mass is 319 g/mol. The first kappa shape index (κ1) is 15.3. The number of hydrogen-bond acceptors (Lipinski definition) is 3. The Hall–Kier alpha value is -0.640. The molecule has 1 aliphatic rings. The van der Waals surface area contributed by atoms with E-state index in [0.717, 1.165) is 6.42 Å². The highest BCUT2D eigenvalue weighted by atomic mass is 32.1. The third-order valence-electron chi connectivity index (χ3n) is 4.65. The molecule has 1 N–H and O–H groups in total. The fourth-order valence-electron chi connectivity index (χ4n) is 3.21. The van der Waals surface area contributed by atoms with Gasteiger partial charge in [-0.1, -0.05) is 26.0 Å². The van der Waals surface area contributed by atoms with Crippen molar-refractivity contribution < 1.29 is 0 Å². The van der Waals surface area contributed by atoms with E-state index in [4.69, 9.17) is 0 Å². The fraction of sp³-hybridized carbons (Fsp3) is 0.556. The van der Waals surface area contributed by atoms with E-state index in [1.54, 1.807) is 0 Å². The molecule has 0 spiro atoms. The highest BCUT2D eigenvalue weighted by Gasteiger charge is 2.28. The Kier molecular flexibility index (Phi) is 4.82. The summed E-state index contributed by atoms with van der Waals surface area (Å²) in [4.78, 5) is 2.96. The minimum Gasteiger partial charge on any atom is -0.306 e. The summed E-state index contributed by atoms with van der Waals surface area (Å²) in [5, 5.41) is 8.33. The Morgan fingerprint density at radius 2 is 1.86 bits per heavy atom. The molecule has 0 aromatic carbocycles. The van der Waals surface area contributed by atoms with Gasteiger partial charge in [0.15, 0.2) is 0 Å². The van der Waals surface area contributed by atoms with E-state index in [1.807, 2.05) is 22.7 Å². The predicted octanol–water partition coefficient (Wildman–Crippen LogP) is 5.65. The first-order chi connectivity index (χ1) is 10.1. The quantitative estimate of drug-likeness (QED) is 0.750. The van der Waals surface area contributed by atoms with E-state index in [0.29, 0.717) is 17.5 Å². The van der Waals surface area contributed by atoms with Crippen LogP contribution in [-0.4, -0.2) is 6.04 Å². The summed E-state index contributed by atoms with van der Waals surface area (Å²) in [6, 6.07) is 10.0. The molecule has 2 aromatic rings. The van der Waals surface area contributed by atoms with Crippen molar-refractivity contribution in [2.24, 2.45) is 5.41 Å². The van der Waals surface area contributed by atoms with Crippen LogP contribution in [0.1, 0.15) is 55.3 Å². The summed E-state index contributed by atoms with van der Waals surface area (Å²) in [6.45, 7) is 4.82. The maximum Gasteiger partial charge on any atom is 0.0465 e. The SMILES string of the molecule is CC1(C)CCC(NC(Cc2cccs2)c2cccs2)CC1. The molecule has 0 amide bonds. The standard InChI is InChI=1S/C18H25NS2/c1-18(2)9-7-14(8-10-18)19-16(17-6-4-12-21-17)13-15-5-3-11-20-15/h3-6,11-12,14,16,19H,7-10,13H2,1-2H3. The van der Waals surface area contributed by atoms with Gasteiger partial charge in [-0.05, 0) is 54.0 Å². The molecule has 1 fully saturated rings. The first-order valence-electron chi connectivity index (χ1n) is 7.94. The maximum absolute atomic E-state index is 3.95. The lowest BCUT2D eigenvalue weighted by Crippen LogP contribution is -2.38. The molecular weight excluding hydrogens is 294 g/mol. The summed E-state index contributed by atoms with van der Waals surface area (Å²) >= 11 is 3.76. The molecule has 0 radical (unpaired) electrons. The summed E-state index contributed by atoms with van der Waals surface area (Å²) < 4.78 is 0. The van der Waals surface area contributed by atoms with E-state index in [-0.39, 0.29) is 0 Å². The predicted molar refractivity (Wildman–Crippen MR) is 94.3 cm³/mol. The molecule has 114 valence electrons. The molecule has 3 heteroatoms. The van der Waals surface area contributed by atoms with Gasteiger partial charge in [0.05, 0.1) is 0 Å². The van der Waals surface area contributed by atoms with Crippen LogP contribution < -0.4 is 5.32 Å². The topological polar surface area (TPSA) is 12.0 Å². The van der Waals surface area contributed by atoms with Crippen molar-refractivity contribution in [3.8, 4) is 0 Å². The van der Waals surface area contributed by atoms with E-state index in [2.05, 4.69) is 54.2 Å². The van der Waals surface area contributed by atoms with Crippen LogP contribution in [0.15, 0.2) is 35.0 Å². The summed E-state index contributed by atoms with van der Waals surface area (Å²) in [5.74, 6) is 0. The first-order valence-corrected chi connectivity index (χ1v) is 9.70. The van der Waals surface area contributed by atoms with Crippen molar-refractivity contribution >= 4 is 22.7 Å². The molecule has 2 aromatic heterocycles. The van der Waals surface area contributed by atoms with E-state index in [9.17, 15) is 0 Å². The van der Waals surface area contributed by atoms with E-state index < -0.39 is 0 Å². The molecule has 1 saturated carbocycles. The molecule has 1 unspecified atom stereocenters. The molecule has 2 heterocycles. The van der Waals surface area contributed by atoms with Gasteiger partial charge in [-0.2, -0.15) is 0 Å². The van der Waals surface area contributed by atoms with Gasteiger partial charge in [-0.3, -0.25) is 0 Å². The van der Waals surface area contributed by atoms with Gasteiger partial charge in [0.2, 0.25) is 0 Å². The van der Waals surface area contributed by atoms with Crippen molar-refractivity contribution in [2.75, 3.05) is 0 Å². The van der Waals surface area contributed by atoms with Gasteiger partial charge in [-0.25, -0.2) is 0 Å². The lowest BCUT2D eigenvalue weighted by molar-refractivity contribution is 0.198. The molecule has 0 bridgehead atoms. The largest absolute Gasteiger partial charge is 0.306 e. The molecule has 1 aliphatic carbocycles. The van der Waals surface area contributed by atoms with Gasteiger partial charge in [0, 0.05) is 28.3 Å². The van der Waals surface area contributed by atoms with Crippen molar-refractivity contribution in [2.45, 2.75) is 58.0 Å². The van der Waals surface area contributed by atoms with E-state index in [1.165, 1.54) is 35.4 Å². The minimum atomic E-state index is 0.481. The van der Waals surface area contributed by atoms with Crippen molar-refractivity contribution in [3.05, 3.63) is 44.8 Å². The van der Waals surface area contributed by atoms with Gasteiger partial charge >= 0.3 is 0 Å². The molecule has 21 heavy (non-hydrogen) atoms. The van der Waals surface area contributed by atoms with Crippen LogP contribution in [0.5, 0.6) is 0 Å². The summed E-state index contributed by atoms with van der Waals surface area (Å²) in [7, 11) is 0. The second kappa shape index (κ2) is 6.64. The number of thiophene rings is 2. The lowest BCUT2D eigenvalue weighted by atomic mass is 9.75. The molecule has 3 rings (SSSR count). The van der Waals surface area contributed by atoms with Crippen LogP contribution in [-0.2, 0) is 6.42 Å². The Morgan fingerprint density at radius 1 is 1.14 bits per heavy atom. The van der Waals surface area contributed by atoms with Crippen molar-refractivity contribution in [3.63, 3.8) is 0 Å². The summed E-state index contributed by atoms with van der Waals surface area (Å²) in [6.07, 6.45) is 6.46. The molecule has 1 nitrogen and oxygen atoms in total. The zero-order valence-electron chi connectivity index (χ0n) is 13.0. The zero-order valence-corrected chi connectivity index (χ0v) is 14.6. The van der Waals surface area contributed by atoms with Crippen LogP contribution in [0, 0.1) is 5.41 Å². The van der Waals surface area contributed by atoms with Crippen molar-refractivity contribution in [1.82, 2.24) is 5.32 Å². The number of rotatable bonds is 5. The second-order valence-corrected chi connectivity index (χ2v) is 8.97. The molecule has 0 saturated heterocycles. The maximum atomic E-state index is 3.95. The van der Waals surface area contributed by atoms with E-state index >= 15 is 0 Å². The van der Waals surface area contributed by atoms with Gasteiger partial charge in [0.1, 0.15) is 0 Å². The normalized spacial score (nSPS) is 20.5. The Bertz CT molecular complexity index is 518. The Morgan fingerprint density at radius 3 is 2.48 bits per heavy atom. The highest BCUT2D eigenvalue weighted by molar-refractivity contribution is 7.10. The molecule has 0 aliphatic heterocycles. The van der Waals surface area contributed by atoms with Gasteiger partial charge in [0.25, 0.3) is 0 Å². The average Bonchev–Trinajstić information content (AvgIpc) is 3.12. The van der Waals surface area contributed by atoms with Crippen LogP contribution >= 0.6 is 22.7 Å². The molecular formula is C18H25NS2. The lowest BCUT2D eigenvalue weighted by Gasteiger charge is -2.36. The zero-order chi connectivity index (χ0) is 14.7. The fourth-order valence-corrected chi connectivity index (χ4v) is 4.75. The highest BCUT2D eigenvalue weighted by Crippen LogP contribution is 2.36. The smallest absolute Gasteiger partial charge is 0.0465 e. The van der Waals surface area contributed by atoms with Crippen LogP contribution in [0.2, 0.25) is 0 Å². The molecule has 1 atom stereocenters. The number of hydrogen-bond donors (Lipinski definition) is 1. The average molecular weight is 320 g/mol. The third-order valence-corrected chi connectivity index (χ3v) is 6.53. The third kappa shape index (κ3) is 4.18. The second-order valence-electron chi connectivity index (χ2n) is 6.96. The van der Waals surface area contributed by atoms with Crippen molar-refractivity contribution in [1.29, 1.82) is 0 Å². The Labute approximate surface area is 136 Å². The summed E-state index contributed by atoms with van der Waals surface area (Å²) in [5.41, 5.74) is 0.546. The van der Waals surface area contributed by atoms with Crippen LogP contribution in [0.4, 0.5) is 0 Å². The van der Waals surface area contributed by atoms with Gasteiger partial charge in [-0.15, -0.1) is 22.7 Å². The minimum absolute atomic E-state index is 0.481.